The van der Waals surface area contributed by atoms with Crippen LogP contribution in [0, 0.1) is 0 Å². The number of phenols is 1. The Hall–Kier alpha value is -3.45. The maximum atomic E-state index is 10.5. The molecule has 0 saturated carbocycles. The molecule has 0 radical (unpaired) electrons. The van der Waals surface area contributed by atoms with Crippen LogP contribution in [0.1, 0.15) is 12.1 Å². The molecule has 0 unspecified atom stereocenters. The number of rotatable bonds is 3. The highest BCUT2D eigenvalue weighted by Gasteiger charge is 2.13. The molecule has 0 aliphatic carbocycles. The Morgan fingerprint density at radius 3 is 2.78 bits per heavy atom. The van der Waals surface area contributed by atoms with E-state index < -0.39 is 0 Å². The Morgan fingerprint density at radius 2 is 2.00 bits per heavy atom. The van der Waals surface area contributed by atoms with Crippen molar-refractivity contribution < 1.29 is 5.11 Å². The number of imidazole rings is 1. The first kappa shape index (κ1) is 15.8. The molecule has 0 fully saturated rings. The molecule has 7 heteroatoms. The summed E-state index contributed by atoms with van der Waals surface area (Å²) in [7, 11) is 0. The van der Waals surface area contributed by atoms with Gasteiger partial charge in [0.25, 0.3) is 0 Å². The minimum absolute atomic E-state index is 0.179. The van der Waals surface area contributed by atoms with Gasteiger partial charge in [-0.1, -0.05) is 12.1 Å². The molecule has 0 saturated heterocycles. The number of phenolic OH excluding ortho intramolecular Hbond substituents is 1. The summed E-state index contributed by atoms with van der Waals surface area (Å²) in [4.78, 5) is 9.32. The second kappa shape index (κ2) is 6.37. The zero-order valence-corrected chi connectivity index (χ0v) is 14.6. The van der Waals surface area contributed by atoms with Crippen molar-refractivity contribution >= 4 is 11.4 Å². The Morgan fingerprint density at radius 1 is 1.07 bits per heavy atom. The van der Waals surface area contributed by atoms with E-state index in [0.29, 0.717) is 17.0 Å². The molecule has 4 heterocycles. The van der Waals surface area contributed by atoms with Crippen molar-refractivity contribution in [2.45, 2.75) is 6.42 Å². The molecule has 5 rings (SSSR count). The summed E-state index contributed by atoms with van der Waals surface area (Å²) in [6, 6.07) is 7.55. The summed E-state index contributed by atoms with van der Waals surface area (Å²) in [5.74, 6) is 0.804. The largest absolute Gasteiger partial charge is 0.507 e. The molecule has 0 atom stereocenters. The van der Waals surface area contributed by atoms with E-state index in [4.69, 9.17) is 4.98 Å². The normalized spacial score (nSPS) is 14.4. The summed E-state index contributed by atoms with van der Waals surface area (Å²) in [5.41, 5.74) is 5.39. The lowest BCUT2D eigenvalue weighted by Crippen LogP contribution is -2.20. The Bertz CT molecular complexity index is 1140. The minimum atomic E-state index is 0.179. The fourth-order valence-corrected chi connectivity index (χ4v) is 3.37. The van der Waals surface area contributed by atoms with Crippen molar-refractivity contribution in [3.05, 3.63) is 60.8 Å². The van der Waals surface area contributed by atoms with Crippen molar-refractivity contribution in [2.24, 2.45) is 0 Å². The first-order valence-corrected chi connectivity index (χ1v) is 8.86. The molecule has 27 heavy (non-hydrogen) atoms. The van der Waals surface area contributed by atoms with E-state index >= 15 is 0 Å². The summed E-state index contributed by atoms with van der Waals surface area (Å²) in [5, 5.41) is 20.5. The van der Waals surface area contributed by atoms with Gasteiger partial charge in [0.2, 0.25) is 5.78 Å². The maximum absolute atomic E-state index is 10.5. The molecule has 3 N–H and O–H groups in total. The van der Waals surface area contributed by atoms with Gasteiger partial charge in [-0.05, 0) is 42.3 Å². The second-order valence-electron chi connectivity index (χ2n) is 6.55. The number of aromatic amines is 1. The molecule has 1 aromatic carbocycles. The van der Waals surface area contributed by atoms with Crippen LogP contribution in [0.3, 0.4) is 0 Å². The predicted octanol–water partition coefficient (Wildman–Crippen LogP) is 2.87. The van der Waals surface area contributed by atoms with Crippen LogP contribution in [0.15, 0.2) is 55.1 Å². The number of H-pyrrole nitrogens is 1. The number of benzene rings is 1. The zero-order chi connectivity index (χ0) is 18.2. The molecule has 1 aliphatic rings. The summed E-state index contributed by atoms with van der Waals surface area (Å²) in [6.07, 6.45) is 10.5. The quantitative estimate of drug-likeness (QED) is 0.524. The van der Waals surface area contributed by atoms with Crippen LogP contribution in [-0.2, 0) is 0 Å². The smallest absolute Gasteiger partial charge is 0.234 e. The highest BCUT2D eigenvalue weighted by Crippen LogP contribution is 2.32. The van der Waals surface area contributed by atoms with Crippen LogP contribution in [0.2, 0.25) is 0 Å². The van der Waals surface area contributed by atoms with Gasteiger partial charge in [0.05, 0.1) is 17.6 Å². The van der Waals surface area contributed by atoms with E-state index in [1.807, 2.05) is 35.0 Å². The Kier molecular flexibility index (Phi) is 3.72. The highest BCUT2D eigenvalue weighted by atomic mass is 16.3. The zero-order valence-electron chi connectivity index (χ0n) is 14.6. The van der Waals surface area contributed by atoms with Crippen molar-refractivity contribution in [2.75, 3.05) is 13.1 Å². The summed E-state index contributed by atoms with van der Waals surface area (Å²) >= 11 is 0. The van der Waals surface area contributed by atoms with Gasteiger partial charge in [-0.3, -0.25) is 9.50 Å². The number of aromatic hydroxyl groups is 1. The van der Waals surface area contributed by atoms with E-state index in [1.54, 1.807) is 18.5 Å². The molecule has 0 spiro atoms. The van der Waals surface area contributed by atoms with Gasteiger partial charge in [0.1, 0.15) is 5.75 Å². The molecule has 0 amide bonds. The SMILES string of the molecule is Oc1cc(-c2cn[nH]c2)ccc1-c1cn2ccc(C3=CCNCC3)nc2n1. The van der Waals surface area contributed by atoms with E-state index in [9.17, 15) is 5.11 Å². The third kappa shape index (κ3) is 2.88. The average molecular weight is 358 g/mol. The molecular weight excluding hydrogens is 340 g/mol. The van der Waals surface area contributed by atoms with Crippen LogP contribution in [0.25, 0.3) is 33.7 Å². The Labute approximate surface area is 155 Å². The number of hydrogen-bond acceptors (Lipinski definition) is 5. The van der Waals surface area contributed by atoms with E-state index in [-0.39, 0.29) is 5.75 Å². The van der Waals surface area contributed by atoms with E-state index in [2.05, 4.69) is 26.6 Å². The Balaban J connectivity index is 1.52. The lowest BCUT2D eigenvalue weighted by atomic mass is 10.0. The molecule has 134 valence electrons. The lowest BCUT2D eigenvalue weighted by Gasteiger charge is -2.13. The molecule has 4 aromatic rings. The number of aromatic nitrogens is 5. The molecule has 7 nitrogen and oxygen atoms in total. The fraction of sp³-hybridized carbons (Fsp3) is 0.150. The highest BCUT2D eigenvalue weighted by molar-refractivity contribution is 5.74. The van der Waals surface area contributed by atoms with Crippen LogP contribution >= 0.6 is 0 Å². The van der Waals surface area contributed by atoms with Crippen LogP contribution < -0.4 is 5.32 Å². The van der Waals surface area contributed by atoms with E-state index in [0.717, 1.165) is 36.3 Å². The van der Waals surface area contributed by atoms with Gasteiger partial charge < -0.3 is 10.4 Å². The van der Waals surface area contributed by atoms with E-state index in [1.165, 1.54) is 5.57 Å². The molecule has 3 aromatic heterocycles. The van der Waals surface area contributed by atoms with Gasteiger partial charge in [-0.2, -0.15) is 5.10 Å². The standard InChI is InChI=1S/C20H18N6O/c27-19-9-14(15-10-22-23-11-15)1-2-16(19)18-12-26-8-5-17(24-20(26)25-18)13-3-6-21-7-4-13/h1-3,5,8-12,21,27H,4,6-7H2,(H,22,23). The topological polar surface area (TPSA) is 91.1 Å². The minimum Gasteiger partial charge on any atom is -0.507 e. The van der Waals surface area contributed by atoms with Gasteiger partial charge in [0.15, 0.2) is 0 Å². The van der Waals surface area contributed by atoms with Crippen molar-refractivity contribution in [1.29, 1.82) is 0 Å². The lowest BCUT2D eigenvalue weighted by molar-refractivity contribution is 0.477. The first-order chi connectivity index (χ1) is 13.3. The number of hydrogen-bond donors (Lipinski definition) is 3. The third-order valence-electron chi connectivity index (χ3n) is 4.82. The summed E-state index contributed by atoms with van der Waals surface area (Å²) in [6.45, 7) is 1.84. The van der Waals surface area contributed by atoms with Crippen LogP contribution in [0.5, 0.6) is 5.75 Å². The number of nitrogens with zero attached hydrogens (tertiary/aromatic N) is 4. The number of fused-ring (bicyclic) bond motifs is 1. The van der Waals surface area contributed by atoms with Crippen molar-refractivity contribution in [3.8, 4) is 28.1 Å². The van der Waals surface area contributed by atoms with Gasteiger partial charge in [-0.15, -0.1) is 0 Å². The second-order valence-corrected chi connectivity index (χ2v) is 6.55. The number of nitrogens with one attached hydrogen (secondary N) is 2. The van der Waals surface area contributed by atoms with Gasteiger partial charge in [-0.25, -0.2) is 9.97 Å². The average Bonchev–Trinajstić information content (AvgIpc) is 3.38. The molecule has 1 aliphatic heterocycles. The van der Waals surface area contributed by atoms with Crippen molar-refractivity contribution in [1.82, 2.24) is 29.9 Å². The van der Waals surface area contributed by atoms with Gasteiger partial charge in [0, 0.05) is 36.3 Å². The monoisotopic (exact) mass is 358 g/mol. The van der Waals surface area contributed by atoms with Crippen LogP contribution in [-0.4, -0.2) is 42.8 Å². The van der Waals surface area contributed by atoms with Crippen LogP contribution in [0.4, 0.5) is 0 Å². The summed E-state index contributed by atoms with van der Waals surface area (Å²) < 4.78 is 1.88. The molecule has 0 bridgehead atoms. The maximum Gasteiger partial charge on any atom is 0.234 e. The van der Waals surface area contributed by atoms with Crippen molar-refractivity contribution in [3.63, 3.8) is 0 Å². The predicted molar refractivity (Wildman–Crippen MR) is 103 cm³/mol. The first-order valence-electron chi connectivity index (χ1n) is 8.86. The van der Waals surface area contributed by atoms with Gasteiger partial charge >= 0.3 is 0 Å². The molecular formula is C20H18N6O. The third-order valence-corrected chi connectivity index (χ3v) is 4.82. The fourth-order valence-electron chi connectivity index (χ4n) is 3.37.